The average Bonchev–Trinajstić information content (AvgIpc) is 3.18. The van der Waals surface area contributed by atoms with Crippen LogP contribution in [0.25, 0.3) is 10.9 Å². The number of nitrogens with one attached hydrogen (secondary N) is 2. The van der Waals surface area contributed by atoms with Crippen molar-refractivity contribution in [3.8, 4) is 0 Å². The Kier molecular flexibility index (Phi) is 5.01. The smallest absolute Gasteiger partial charge is 0.224 e. The molecule has 1 aromatic carbocycles. The lowest BCUT2D eigenvalue weighted by Crippen LogP contribution is -2.45. The second-order valence-electron chi connectivity index (χ2n) is 6.89. The molecule has 1 amide bonds. The fraction of sp³-hybridized carbons (Fsp3) is 0.526. The molecule has 0 spiro atoms. The van der Waals surface area contributed by atoms with Crippen LogP contribution in [0.2, 0.25) is 0 Å². The lowest BCUT2D eigenvalue weighted by molar-refractivity contribution is -0.120. The third-order valence-electron chi connectivity index (χ3n) is 4.91. The highest BCUT2D eigenvalue weighted by molar-refractivity contribution is 5.88. The quantitative estimate of drug-likeness (QED) is 0.861. The van der Waals surface area contributed by atoms with Gasteiger partial charge in [-0.05, 0) is 43.5 Å². The van der Waals surface area contributed by atoms with Crippen molar-refractivity contribution in [2.75, 3.05) is 19.6 Å². The molecule has 1 aliphatic heterocycles. The van der Waals surface area contributed by atoms with Gasteiger partial charge in [0.05, 0.1) is 6.42 Å². The summed E-state index contributed by atoms with van der Waals surface area (Å²) in [5.74, 6) is 0.668. The first-order valence-corrected chi connectivity index (χ1v) is 8.71. The van der Waals surface area contributed by atoms with Gasteiger partial charge < -0.3 is 10.3 Å². The maximum atomic E-state index is 12.4. The summed E-state index contributed by atoms with van der Waals surface area (Å²) < 4.78 is 0. The van der Waals surface area contributed by atoms with Crippen molar-refractivity contribution < 1.29 is 4.79 Å². The number of likely N-dealkylation sites (tertiary alicyclic amines) is 1. The van der Waals surface area contributed by atoms with E-state index in [9.17, 15) is 4.79 Å². The van der Waals surface area contributed by atoms with Gasteiger partial charge in [-0.25, -0.2) is 0 Å². The molecular weight excluding hydrogens is 286 g/mol. The van der Waals surface area contributed by atoms with E-state index in [-0.39, 0.29) is 5.91 Å². The molecule has 1 aliphatic rings. The minimum absolute atomic E-state index is 0.111. The number of fused-ring (bicyclic) bond motifs is 1. The zero-order valence-corrected chi connectivity index (χ0v) is 14.1. The van der Waals surface area contributed by atoms with E-state index in [4.69, 9.17) is 0 Å². The lowest BCUT2D eigenvalue weighted by atomic mass is 10.0. The van der Waals surface area contributed by atoms with Crippen molar-refractivity contribution in [2.45, 2.75) is 39.2 Å². The van der Waals surface area contributed by atoms with E-state index >= 15 is 0 Å². The molecule has 2 aromatic rings. The molecule has 2 N–H and O–H groups in total. The second kappa shape index (κ2) is 7.18. The number of amides is 1. The van der Waals surface area contributed by atoms with Gasteiger partial charge in [0.2, 0.25) is 5.91 Å². The highest BCUT2D eigenvalue weighted by Gasteiger charge is 2.24. The number of aromatic nitrogens is 1. The summed E-state index contributed by atoms with van der Waals surface area (Å²) in [6, 6.07) is 8.57. The molecule has 0 aliphatic carbocycles. The largest absolute Gasteiger partial charge is 0.361 e. The van der Waals surface area contributed by atoms with Crippen LogP contribution in [0.3, 0.4) is 0 Å². The number of aromatic amines is 1. The first-order chi connectivity index (χ1) is 11.1. The Balaban J connectivity index is 1.58. The summed E-state index contributed by atoms with van der Waals surface area (Å²) in [5.41, 5.74) is 2.16. The molecule has 1 unspecified atom stereocenters. The number of carbonyl (C=O) groups is 1. The number of rotatable bonds is 6. The van der Waals surface area contributed by atoms with E-state index in [1.165, 1.54) is 25.9 Å². The third kappa shape index (κ3) is 3.75. The van der Waals surface area contributed by atoms with Crippen LogP contribution in [0.4, 0.5) is 0 Å². The molecule has 0 radical (unpaired) electrons. The van der Waals surface area contributed by atoms with Crippen molar-refractivity contribution in [3.05, 3.63) is 36.0 Å². The molecule has 0 bridgehead atoms. The summed E-state index contributed by atoms with van der Waals surface area (Å²) in [5, 5.41) is 4.29. The SMILES string of the molecule is CC(C)C(CNC(=O)Cc1c[nH]c2ccccc12)N1CCCC1. The number of para-hydroxylation sites is 1. The van der Waals surface area contributed by atoms with Crippen LogP contribution in [-0.4, -0.2) is 41.5 Å². The van der Waals surface area contributed by atoms with E-state index in [2.05, 4.69) is 35.1 Å². The number of H-pyrrole nitrogens is 1. The van der Waals surface area contributed by atoms with Gasteiger partial charge in [0, 0.05) is 29.7 Å². The molecule has 1 fully saturated rings. The Hall–Kier alpha value is -1.81. The molecule has 1 atom stereocenters. The van der Waals surface area contributed by atoms with Gasteiger partial charge in [0.1, 0.15) is 0 Å². The van der Waals surface area contributed by atoms with E-state index in [1.807, 2.05) is 24.4 Å². The number of hydrogen-bond donors (Lipinski definition) is 2. The maximum absolute atomic E-state index is 12.4. The molecule has 2 heterocycles. The summed E-state index contributed by atoms with van der Waals surface area (Å²) >= 11 is 0. The zero-order chi connectivity index (χ0) is 16.2. The fourth-order valence-electron chi connectivity index (χ4n) is 3.59. The predicted octanol–water partition coefficient (Wildman–Crippen LogP) is 2.95. The van der Waals surface area contributed by atoms with Crippen molar-refractivity contribution in [2.24, 2.45) is 5.92 Å². The topological polar surface area (TPSA) is 48.1 Å². The Labute approximate surface area is 138 Å². The van der Waals surface area contributed by atoms with E-state index < -0.39 is 0 Å². The van der Waals surface area contributed by atoms with Crippen LogP contribution in [0.15, 0.2) is 30.5 Å². The maximum Gasteiger partial charge on any atom is 0.224 e. The van der Waals surface area contributed by atoms with Gasteiger partial charge in [0.15, 0.2) is 0 Å². The molecule has 0 saturated carbocycles. The van der Waals surface area contributed by atoms with E-state index in [1.54, 1.807) is 0 Å². The molecular formula is C19H27N3O. The molecule has 4 heteroatoms. The Bertz CT molecular complexity index is 655. The number of hydrogen-bond acceptors (Lipinski definition) is 2. The Morgan fingerprint density at radius 2 is 2.00 bits per heavy atom. The molecule has 1 aromatic heterocycles. The molecule has 124 valence electrons. The lowest BCUT2D eigenvalue weighted by Gasteiger charge is -2.31. The van der Waals surface area contributed by atoms with Crippen molar-refractivity contribution >= 4 is 16.8 Å². The summed E-state index contributed by atoms with van der Waals surface area (Å²) in [4.78, 5) is 18.1. The highest BCUT2D eigenvalue weighted by Crippen LogP contribution is 2.19. The van der Waals surface area contributed by atoms with E-state index in [0.29, 0.717) is 18.4 Å². The molecule has 1 saturated heterocycles. The number of nitrogens with zero attached hydrogens (tertiary/aromatic N) is 1. The van der Waals surface area contributed by atoms with Crippen molar-refractivity contribution in [1.82, 2.24) is 15.2 Å². The summed E-state index contributed by atoms with van der Waals surface area (Å²) in [7, 11) is 0. The van der Waals surface area contributed by atoms with Crippen LogP contribution in [-0.2, 0) is 11.2 Å². The van der Waals surface area contributed by atoms with Gasteiger partial charge in [-0.3, -0.25) is 9.69 Å². The number of benzene rings is 1. The molecule has 23 heavy (non-hydrogen) atoms. The minimum Gasteiger partial charge on any atom is -0.361 e. The Morgan fingerprint density at radius 3 is 2.74 bits per heavy atom. The van der Waals surface area contributed by atoms with Crippen molar-refractivity contribution in [3.63, 3.8) is 0 Å². The van der Waals surface area contributed by atoms with Gasteiger partial charge in [-0.15, -0.1) is 0 Å². The molecule has 4 nitrogen and oxygen atoms in total. The van der Waals surface area contributed by atoms with Crippen LogP contribution in [0.1, 0.15) is 32.3 Å². The normalized spacial score (nSPS) is 17.0. The van der Waals surface area contributed by atoms with Crippen molar-refractivity contribution in [1.29, 1.82) is 0 Å². The zero-order valence-electron chi connectivity index (χ0n) is 14.1. The van der Waals surface area contributed by atoms with Crippen LogP contribution in [0.5, 0.6) is 0 Å². The third-order valence-corrected chi connectivity index (χ3v) is 4.91. The second-order valence-corrected chi connectivity index (χ2v) is 6.89. The standard InChI is InChI=1S/C19H27N3O/c1-14(2)18(22-9-5-6-10-22)13-21-19(23)11-15-12-20-17-8-4-3-7-16(15)17/h3-4,7-8,12,14,18,20H,5-6,9-11,13H2,1-2H3,(H,21,23). The van der Waals surface area contributed by atoms with E-state index in [0.717, 1.165) is 23.0 Å². The first-order valence-electron chi connectivity index (χ1n) is 8.71. The van der Waals surface area contributed by atoms with Gasteiger partial charge in [-0.1, -0.05) is 32.0 Å². The van der Waals surface area contributed by atoms with Crippen LogP contribution < -0.4 is 5.32 Å². The fourth-order valence-corrected chi connectivity index (χ4v) is 3.59. The minimum atomic E-state index is 0.111. The first kappa shape index (κ1) is 16.1. The van der Waals surface area contributed by atoms with Gasteiger partial charge >= 0.3 is 0 Å². The monoisotopic (exact) mass is 313 g/mol. The summed E-state index contributed by atoms with van der Waals surface area (Å²) in [6.07, 6.45) is 4.96. The van der Waals surface area contributed by atoms with Crippen LogP contribution in [0, 0.1) is 5.92 Å². The summed E-state index contributed by atoms with van der Waals surface area (Å²) in [6.45, 7) is 7.57. The number of carbonyl (C=O) groups excluding carboxylic acids is 1. The van der Waals surface area contributed by atoms with Gasteiger partial charge in [0.25, 0.3) is 0 Å². The van der Waals surface area contributed by atoms with Gasteiger partial charge in [-0.2, -0.15) is 0 Å². The Morgan fingerprint density at radius 1 is 1.26 bits per heavy atom. The predicted molar refractivity (Wildman–Crippen MR) is 94.4 cm³/mol. The average molecular weight is 313 g/mol. The highest BCUT2D eigenvalue weighted by atomic mass is 16.1. The van der Waals surface area contributed by atoms with Crippen LogP contribution >= 0.6 is 0 Å². The molecule has 3 rings (SSSR count).